The second-order valence-corrected chi connectivity index (χ2v) is 11.0. The number of hydrogen-bond donors (Lipinski definition) is 4. The smallest absolute Gasteiger partial charge is 0.274 e. The second-order valence-electron chi connectivity index (χ2n) is 9.86. The molecule has 4 N–H and O–H groups in total. The van der Waals surface area contributed by atoms with Crippen molar-refractivity contribution in [3.8, 4) is 0 Å². The normalized spacial score (nSPS) is 14.4. The first kappa shape index (κ1) is 28.6. The number of halogens is 1. The van der Waals surface area contributed by atoms with Crippen molar-refractivity contribution in [2.24, 2.45) is 5.10 Å². The van der Waals surface area contributed by atoms with E-state index in [1.54, 1.807) is 44.2 Å². The summed E-state index contributed by atoms with van der Waals surface area (Å²) >= 11 is 1.41. The maximum atomic E-state index is 13.2. The number of aryl methyl sites for hydroxylation is 1. The van der Waals surface area contributed by atoms with Crippen LogP contribution in [0.4, 0.5) is 9.39 Å². The first-order valence-corrected chi connectivity index (χ1v) is 13.7. The Hall–Kier alpha value is -3.44. The molecule has 0 spiro atoms. The summed E-state index contributed by atoms with van der Waals surface area (Å²) in [6, 6.07) is 12.9. The third-order valence-electron chi connectivity index (χ3n) is 6.27. The van der Waals surface area contributed by atoms with Gasteiger partial charge in [0.05, 0.1) is 24.0 Å². The van der Waals surface area contributed by atoms with E-state index in [-0.39, 0.29) is 11.7 Å². The number of benzene rings is 2. The number of nitrogens with zero attached hydrogens (tertiary/aromatic N) is 2. The summed E-state index contributed by atoms with van der Waals surface area (Å²) in [4.78, 5) is 29.4. The molecule has 2 atom stereocenters. The van der Waals surface area contributed by atoms with Gasteiger partial charge in [-0.3, -0.25) is 14.5 Å². The van der Waals surface area contributed by atoms with Crippen LogP contribution in [0.3, 0.4) is 0 Å². The van der Waals surface area contributed by atoms with Crippen molar-refractivity contribution in [2.45, 2.75) is 51.9 Å². The molecule has 0 fully saturated rings. The maximum Gasteiger partial charge on any atom is 0.274 e. The average molecular weight is 553 g/mol. The zero-order valence-electron chi connectivity index (χ0n) is 22.0. The molecule has 3 aromatic rings. The van der Waals surface area contributed by atoms with E-state index < -0.39 is 18.1 Å². The fourth-order valence-corrected chi connectivity index (χ4v) is 5.98. The van der Waals surface area contributed by atoms with E-state index in [2.05, 4.69) is 15.8 Å². The van der Waals surface area contributed by atoms with Crippen LogP contribution in [0.2, 0.25) is 0 Å². The molecule has 1 aromatic heterocycles. The minimum absolute atomic E-state index is 0.335. The molecule has 206 valence electrons. The van der Waals surface area contributed by atoms with Gasteiger partial charge in [-0.1, -0.05) is 24.3 Å². The molecule has 0 saturated carbocycles. The van der Waals surface area contributed by atoms with E-state index in [1.165, 1.54) is 29.7 Å². The largest absolute Gasteiger partial charge is 0.392 e. The van der Waals surface area contributed by atoms with Crippen LogP contribution in [0.15, 0.2) is 53.6 Å². The van der Waals surface area contributed by atoms with Crippen molar-refractivity contribution >= 4 is 34.4 Å². The van der Waals surface area contributed by atoms with E-state index in [1.807, 2.05) is 11.0 Å². The van der Waals surface area contributed by atoms with Crippen molar-refractivity contribution in [2.75, 3.05) is 18.4 Å². The van der Waals surface area contributed by atoms with Crippen molar-refractivity contribution < 1.29 is 24.2 Å². The predicted molar refractivity (Wildman–Crippen MR) is 151 cm³/mol. The van der Waals surface area contributed by atoms with Gasteiger partial charge in [-0.05, 0) is 74.1 Å². The van der Waals surface area contributed by atoms with Gasteiger partial charge in [0.15, 0.2) is 0 Å². The Morgan fingerprint density at radius 3 is 2.49 bits per heavy atom. The molecule has 0 aliphatic heterocycles. The third-order valence-corrected chi connectivity index (χ3v) is 7.47. The van der Waals surface area contributed by atoms with E-state index >= 15 is 0 Å². The molecule has 0 radical (unpaired) electrons. The topological polar surface area (TPSA) is 114 Å². The lowest BCUT2D eigenvalue weighted by molar-refractivity contribution is 0.0793. The Morgan fingerprint density at radius 1 is 1.08 bits per heavy atom. The van der Waals surface area contributed by atoms with Crippen LogP contribution in [0.25, 0.3) is 0 Å². The third kappa shape index (κ3) is 7.79. The van der Waals surface area contributed by atoms with Crippen LogP contribution >= 0.6 is 11.3 Å². The van der Waals surface area contributed by atoms with Crippen LogP contribution in [-0.4, -0.2) is 58.4 Å². The number of amides is 2. The number of hydrazone groups is 1. The molecule has 0 saturated heterocycles. The standard InChI is InChI=1S/C29H33FN4O4S/c1-18(35)15-34(16-19(2)36)17-21-5-3-6-22(13-21)27(37)32-29-26(24-7-4-8-25(24)39-29)28(38)33-31-14-20-9-11-23(30)12-10-20/h3,5-6,9-14,18-19,35-36H,4,7-8,15-17H2,1-2H3,(H,32,37)(H,33,38)/b31-14+. The van der Waals surface area contributed by atoms with Gasteiger partial charge in [-0.25, -0.2) is 9.82 Å². The fourth-order valence-electron chi connectivity index (χ4n) is 4.70. The molecule has 39 heavy (non-hydrogen) atoms. The van der Waals surface area contributed by atoms with Crippen molar-refractivity contribution in [3.63, 3.8) is 0 Å². The number of carbonyl (C=O) groups excluding carboxylic acids is 2. The van der Waals surface area contributed by atoms with Crippen LogP contribution in [0.5, 0.6) is 0 Å². The quantitative estimate of drug-likeness (QED) is 0.212. The zero-order chi connectivity index (χ0) is 27.9. The molecule has 2 amide bonds. The highest BCUT2D eigenvalue weighted by Gasteiger charge is 2.27. The maximum absolute atomic E-state index is 13.2. The first-order chi connectivity index (χ1) is 18.7. The number of hydrogen-bond acceptors (Lipinski definition) is 7. The minimum atomic E-state index is -0.555. The summed E-state index contributed by atoms with van der Waals surface area (Å²) in [7, 11) is 0. The summed E-state index contributed by atoms with van der Waals surface area (Å²) in [6.45, 7) is 4.64. The molecule has 0 bridgehead atoms. The van der Waals surface area contributed by atoms with Crippen LogP contribution < -0.4 is 10.7 Å². The number of fused-ring (bicyclic) bond motifs is 1. The molecule has 1 heterocycles. The summed E-state index contributed by atoms with van der Waals surface area (Å²) in [5.74, 6) is -1.10. The van der Waals surface area contributed by atoms with Gasteiger partial charge in [-0.2, -0.15) is 5.10 Å². The van der Waals surface area contributed by atoms with Gasteiger partial charge >= 0.3 is 0 Å². The molecule has 10 heteroatoms. The van der Waals surface area contributed by atoms with Crippen molar-refractivity contribution in [1.29, 1.82) is 0 Å². The number of anilines is 1. The van der Waals surface area contributed by atoms with Crippen LogP contribution in [0, 0.1) is 5.82 Å². The van der Waals surface area contributed by atoms with Gasteiger partial charge in [0.25, 0.3) is 11.8 Å². The number of rotatable bonds is 11. The van der Waals surface area contributed by atoms with Crippen molar-refractivity contribution in [1.82, 2.24) is 10.3 Å². The lowest BCUT2D eigenvalue weighted by atomic mass is 10.1. The highest BCUT2D eigenvalue weighted by Crippen LogP contribution is 2.39. The fraction of sp³-hybridized carbons (Fsp3) is 0.345. The Morgan fingerprint density at radius 2 is 1.79 bits per heavy atom. The lowest BCUT2D eigenvalue weighted by Gasteiger charge is -2.25. The van der Waals surface area contributed by atoms with E-state index in [0.717, 1.165) is 35.3 Å². The number of nitrogens with one attached hydrogen (secondary N) is 2. The Balaban J connectivity index is 1.48. The van der Waals surface area contributed by atoms with Crippen LogP contribution in [-0.2, 0) is 19.4 Å². The van der Waals surface area contributed by atoms with Crippen LogP contribution in [0.1, 0.15) is 62.6 Å². The summed E-state index contributed by atoms with van der Waals surface area (Å²) in [6.07, 6.45) is 2.88. The number of aliphatic hydroxyl groups is 2. The summed E-state index contributed by atoms with van der Waals surface area (Å²) < 4.78 is 13.1. The Bertz CT molecular complexity index is 1330. The SMILES string of the molecule is CC(O)CN(Cc1cccc(C(=O)Nc2sc3c(c2C(=O)N/N=C/c2ccc(F)cc2)CCC3)c1)CC(C)O. The molecule has 2 unspecified atom stereocenters. The second kappa shape index (κ2) is 13.1. The summed E-state index contributed by atoms with van der Waals surface area (Å²) in [5.41, 5.74) is 5.85. The highest BCUT2D eigenvalue weighted by molar-refractivity contribution is 7.17. The zero-order valence-corrected chi connectivity index (χ0v) is 22.8. The molecular weight excluding hydrogens is 519 g/mol. The predicted octanol–water partition coefficient (Wildman–Crippen LogP) is 3.96. The first-order valence-electron chi connectivity index (χ1n) is 12.9. The molecule has 1 aliphatic carbocycles. The van der Waals surface area contributed by atoms with Crippen molar-refractivity contribution in [3.05, 3.63) is 87.0 Å². The number of aliphatic hydroxyl groups excluding tert-OH is 2. The van der Waals surface area contributed by atoms with E-state index in [9.17, 15) is 24.2 Å². The van der Waals surface area contributed by atoms with Gasteiger partial charge in [0.2, 0.25) is 0 Å². The summed E-state index contributed by atoms with van der Waals surface area (Å²) in [5, 5.41) is 27.1. The average Bonchev–Trinajstić information content (AvgIpc) is 3.45. The lowest BCUT2D eigenvalue weighted by Crippen LogP contribution is -2.35. The van der Waals surface area contributed by atoms with Gasteiger partial charge < -0.3 is 15.5 Å². The Labute approximate surface area is 231 Å². The van der Waals surface area contributed by atoms with Gasteiger partial charge in [0, 0.05) is 30.1 Å². The molecule has 2 aromatic carbocycles. The monoisotopic (exact) mass is 552 g/mol. The number of carbonyl (C=O) groups is 2. The molecule has 1 aliphatic rings. The molecule has 8 nitrogen and oxygen atoms in total. The van der Waals surface area contributed by atoms with E-state index in [0.29, 0.717) is 41.3 Å². The Kier molecular flexibility index (Phi) is 9.58. The highest BCUT2D eigenvalue weighted by atomic mass is 32.1. The van der Waals surface area contributed by atoms with Gasteiger partial charge in [0.1, 0.15) is 10.8 Å². The molecular formula is C29H33FN4O4S. The van der Waals surface area contributed by atoms with E-state index in [4.69, 9.17) is 0 Å². The molecule has 4 rings (SSSR count). The van der Waals surface area contributed by atoms with Gasteiger partial charge in [-0.15, -0.1) is 11.3 Å². The number of thiophene rings is 1. The minimum Gasteiger partial charge on any atom is -0.392 e.